The van der Waals surface area contributed by atoms with Crippen LogP contribution in [0.3, 0.4) is 0 Å². The summed E-state index contributed by atoms with van der Waals surface area (Å²) in [6, 6.07) is 8.77. The quantitative estimate of drug-likeness (QED) is 0.584. The maximum Gasteiger partial charge on any atom is 0.276 e. The molecule has 1 aromatic carbocycles. The summed E-state index contributed by atoms with van der Waals surface area (Å²) in [4.78, 5) is 36.7. The fourth-order valence-corrected chi connectivity index (χ4v) is 2.69. The highest BCUT2D eigenvalue weighted by Gasteiger charge is 2.12. The van der Waals surface area contributed by atoms with Crippen molar-refractivity contribution in [2.45, 2.75) is 19.8 Å². The van der Waals surface area contributed by atoms with Gasteiger partial charge in [-0.2, -0.15) is 0 Å². The number of carbonyl (C=O) groups is 3. The van der Waals surface area contributed by atoms with E-state index in [1.54, 1.807) is 6.07 Å². The van der Waals surface area contributed by atoms with Crippen molar-refractivity contribution in [2.24, 2.45) is 0 Å². The van der Waals surface area contributed by atoms with Crippen LogP contribution in [0, 0.1) is 12.7 Å². The molecule has 6 nitrogen and oxygen atoms in total. The average molecular weight is 364 g/mol. The highest BCUT2D eigenvalue weighted by atomic mass is 32.1. The fourth-order valence-electron chi connectivity index (χ4n) is 1.85. The number of hydrogen-bond acceptors (Lipinski definition) is 5. The molecule has 0 fully saturated rings. The molecular weight excluding hydrogens is 347 g/mol. The largest absolute Gasteiger partial charge is 0.484 e. The third-order valence-corrected chi connectivity index (χ3v) is 4.16. The van der Waals surface area contributed by atoms with Gasteiger partial charge in [0.1, 0.15) is 11.6 Å². The monoisotopic (exact) mass is 364 g/mol. The van der Waals surface area contributed by atoms with E-state index in [0.29, 0.717) is 10.6 Å². The van der Waals surface area contributed by atoms with Crippen LogP contribution in [0.25, 0.3) is 0 Å². The number of nitrogens with one attached hydrogen (secondary N) is 2. The van der Waals surface area contributed by atoms with Crippen LogP contribution in [-0.4, -0.2) is 24.2 Å². The molecule has 2 amide bonds. The minimum absolute atomic E-state index is 0.0329. The first-order chi connectivity index (χ1) is 11.9. The van der Waals surface area contributed by atoms with Gasteiger partial charge in [0, 0.05) is 17.7 Å². The van der Waals surface area contributed by atoms with E-state index in [1.807, 2.05) is 13.0 Å². The van der Waals surface area contributed by atoms with Crippen molar-refractivity contribution in [3.8, 4) is 5.75 Å². The molecule has 0 atom stereocenters. The van der Waals surface area contributed by atoms with Gasteiger partial charge in [0.05, 0.1) is 4.88 Å². The Balaban J connectivity index is 1.64. The SMILES string of the molecule is Cc1ccc(C(=O)CCC(=O)NNC(=O)COc2ccc(F)cc2)s1. The molecule has 0 bridgehead atoms. The maximum atomic E-state index is 12.7. The zero-order valence-corrected chi connectivity index (χ0v) is 14.3. The number of ether oxygens (including phenoxy) is 1. The molecular formula is C17H17FN2O4S. The molecule has 132 valence electrons. The minimum Gasteiger partial charge on any atom is -0.484 e. The lowest BCUT2D eigenvalue weighted by molar-refractivity contribution is -0.130. The molecule has 2 rings (SSSR count). The second kappa shape index (κ2) is 8.93. The number of ketones is 1. The standard InChI is InChI=1S/C17H17FN2O4S/c1-11-2-8-15(25-11)14(21)7-9-16(22)19-20-17(23)10-24-13-5-3-12(18)4-6-13/h2-6,8H,7,9-10H2,1H3,(H,19,22)(H,20,23). The number of hydrazine groups is 1. The summed E-state index contributed by atoms with van der Waals surface area (Å²) < 4.78 is 17.9. The van der Waals surface area contributed by atoms with Crippen molar-refractivity contribution in [1.29, 1.82) is 0 Å². The lowest BCUT2D eigenvalue weighted by Crippen LogP contribution is -2.43. The van der Waals surface area contributed by atoms with Crippen molar-refractivity contribution in [1.82, 2.24) is 10.9 Å². The predicted molar refractivity (Wildman–Crippen MR) is 90.8 cm³/mol. The zero-order chi connectivity index (χ0) is 18.2. The summed E-state index contributed by atoms with van der Waals surface area (Å²) in [5.74, 6) is -1.23. The highest BCUT2D eigenvalue weighted by molar-refractivity contribution is 7.14. The van der Waals surface area contributed by atoms with Crippen LogP contribution >= 0.6 is 11.3 Å². The van der Waals surface area contributed by atoms with Gasteiger partial charge in [0.2, 0.25) is 5.91 Å². The number of thiophene rings is 1. The van der Waals surface area contributed by atoms with E-state index in [-0.39, 0.29) is 25.2 Å². The Labute approximate surface area is 148 Å². The number of Topliss-reactive ketones (excluding diaryl/α,β-unsaturated/α-hetero) is 1. The molecule has 8 heteroatoms. The van der Waals surface area contributed by atoms with Gasteiger partial charge in [-0.3, -0.25) is 25.2 Å². The zero-order valence-electron chi connectivity index (χ0n) is 13.5. The maximum absolute atomic E-state index is 12.7. The Morgan fingerprint density at radius 3 is 2.32 bits per heavy atom. The summed E-state index contributed by atoms with van der Waals surface area (Å²) in [5.41, 5.74) is 4.40. The Morgan fingerprint density at radius 1 is 1.00 bits per heavy atom. The number of carbonyl (C=O) groups excluding carboxylic acids is 3. The summed E-state index contributed by atoms with van der Waals surface area (Å²) in [6.45, 7) is 1.57. The third kappa shape index (κ3) is 6.34. The number of aryl methyl sites for hydroxylation is 1. The summed E-state index contributed by atoms with van der Waals surface area (Å²) in [5, 5.41) is 0. The molecule has 1 aromatic heterocycles. The van der Waals surface area contributed by atoms with E-state index in [2.05, 4.69) is 10.9 Å². The molecule has 0 aliphatic heterocycles. The van der Waals surface area contributed by atoms with Gasteiger partial charge in [-0.15, -0.1) is 11.3 Å². The van der Waals surface area contributed by atoms with Crippen molar-refractivity contribution in [3.05, 3.63) is 52.0 Å². The lowest BCUT2D eigenvalue weighted by Gasteiger charge is -2.08. The van der Waals surface area contributed by atoms with Crippen LogP contribution in [0.5, 0.6) is 5.75 Å². The second-order valence-electron chi connectivity index (χ2n) is 5.17. The van der Waals surface area contributed by atoms with Crippen LogP contribution in [0.1, 0.15) is 27.4 Å². The van der Waals surface area contributed by atoms with Crippen molar-refractivity contribution in [2.75, 3.05) is 6.61 Å². The van der Waals surface area contributed by atoms with Crippen LogP contribution in [-0.2, 0) is 9.59 Å². The number of halogens is 1. The number of rotatable bonds is 7. The van der Waals surface area contributed by atoms with Crippen LogP contribution < -0.4 is 15.6 Å². The minimum atomic E-state index is -0.571. The predicted octanol–water partition coefficient (Wildman–Crippen LogP) is 2.38. The van der Waals surface area contributed by atoms with Crippen molar-refractivity contribution in [3.63, 3.8) is 0 Å². The molecule has 1 heterocycles. The van der Waals surface area contributed by atoms with Crippen LogP contribution in [0.15, 0.2) is 36.4 Å². The van der Waals surface area contributed by atoms with Crippen LogP contribution in [0.4, 0.5) is 4.39 Å². The van der Waals surface area contributed by atoms with Crippen LogP contribution in [0.2, 0.25) is 0 Å². The molecule has 0 saturated carbocycles. The van der Waals surface area contributed by atoms with E-state index in [4.69, 9.17) is 4.74 Å². The number of benzene rings is 1. The van der Waals surface area contributed by atoms with Gasteiger partial charge in [-0.05, 0) is 43.3 Å². The average Bonchev–Trinajstić information content (AvgIpc) is 3.04. The van der Waals surface area contributed by atoms with E-state index < -0.39 is 17.6 Å². The smallest absolute Gasteiger partial charge is 0.276 e. The highest BCUT2D eigenvalue weighted by Crippen LogP contribution is 2.17. The topological polar surface area (TPSA) is 84.5 Å². The van der Waals surface area contributed by atoms with E-state index >= 15 is 0 Å². The third-order valence-electron chi connectivity index (χ3n) is 3.12. The normalized spacial score (nSPS) is 10.2. The van der Waals surface area contributed by atoms with E-state index in [0.717, 1.165) is 4.88 Å². The Kier molecular flexibility index (Phi) is 6.64. The second-order valence-corrected chi connectivity index (χ2v) is 6.46. The molecule has 0 radical (unpaired) electrons. The van der Waals surface area contributed by atoms with E-state index in [1.165, 1.54) is 35.6 Å². The van der Waals surface area contributed by atoms with Crippen molar-refractivity contribution < 1.29 is 23.5 Å². The van der Waals surface area contributed by atoms with Gasteiger partial charge in [-0.25, -0.2) is 4.39 Å². The number of hydrogen-bond donors (Lipinski definition) is 2. The molecule has 0 saturated heterocycles. The fraction of sp³-hybridized carbons (Fsp3) is 0.235. The van der Waals surface area contributed by atoms with Gasteiger partial charge >= 0.3 is 0 Å². The summed E-state index contributed by atoms with van der Waals surface area (Å²) >= 11 is 1.38. The van der Waals surface area contributed by atoms with Gasteiger partial charge in [-0.1, -0.05) is 0 Å². The molecule has 2 N–H and O–H groups in total. The molecule has 2 aromatic rings. The number of amides is 2. The first-order valence-electron chi connectivity index (χ1n) is 7.50. The molecule has 0 unspecified atom stereocenters. The molecule has 0 spiro atoms. The molecule has 0 aliphatic carbocycles. The Hall–Kier alpha value is -2.74. The Morgan fingerprint density at radius 2 is 1.68 bits per heavy atom. The summed E-state index contributed by atoms with van der Waals surface area (Å²) in [6.07, 6.45) is 0.0304. The van der Waals surface area contributed by atoms with Gasteiger partial charge < -0.3 is 4.74 Å². The summed E-state index contributed by atoms with van der Waals surface area (Å²) in [7, 11) is 0. The molecule has 0 aliphatic rings. The first kappa shape index (κ1) is 18.6. The Bertz CT molecular complexity index is 758. The van der Waals surface area contributed by atoms with Crippen molar-refractivity contribution >= 4 is 28.9 Å². The first-order valence-corrected chi connectivity index (χ1v) is 8.31. The van der Waals surface area contributed by atoms with E-state index in [9.17, 15) is 18.8 Å². The lowest BCUT2D eigenvalue weighted by atomic mass is 10.2. The van der Waals surface area contributed by atoms with Gasteiger partial charge in [0.25, 0.3) is 5.91 Å². The van der Waals surface area contributed by atoms with Gasteiger partial charge in [0.15, 0.2) is 12.4 Å². The molecule has 25 heavy (non-hydrogen) atoms.